The van der Waals surface area contributed by atoms with Crippen molar-refractivity contribution in [3.63, 3.8) is 0 Å². The van der Waals surface area contributed by atoms with E-state index < -0.39 is 5.97 Å². The van der Waals surface area contributed by atoms with Crippen molar-refractivity contribution < 1.29 is 19.1 Å². The van der Waals surface area contributed by atoms with Crippen LogP contribution in [0.25, 0.3) is 6.08 Å². The van der Waals surface area contributed by atoms with E-state index in [1.54, 1.807) is 19.9 Å². The molecule has 0 aromatic heterocycles. The van der Waals surface area contributed by atoms with E-state index in [0.29, 0.717) is 38.3 Å². The van der Waals surface area contributed by atoms with Crippen molar-refractivity contribution in [1.82, 2.24) is 0 Å². The van der Waals surface area contributed by atoms with Crippen LogP contribution in [0, 0.1) is 0 Å². The van der Waals surface area contributed by atoms with Crippen LogP contribution in [0.5, 0.6) is 5.75 Å². The smallest absolute Gasteiger partial charge is 0.344 e. The molecule has 2 aromatic rings. The minimum Gasteiger partial charge on any atom is -0.480 e. The van der Waals surface area contributed by atoms with Crippen LogP contribution in [0.2, 0.25) is 0 Å². The normalized spacial score (nSPS) is 14.9. The molecule has 2 aromatic carbocycles. The highest BCUT2D eigenvalue weighted by Crippen LogP contribution is 2.36. The number of para-hydroxylation sites is 1. The number of anilines is 1. The van der Waals surface area contributed by atoms with Crippen molar-refractivity contribution >= 4 is 61.2 Å². The number of hydrazone groups is 1. The first-order chi connectivity index (χ1) is 13.9. The lowest BCUT2D eigenvalue weighted by Gasteiger charge is -2.12. The Bertz CT molecular complexity index is 980. The number of benzene rings is 2. The van der Waals surface area contributed by atoms with E-state index in [9.17, 15) is 9.59 Å². The summed E-state index contributed by atoms with van der Waals surface area (Å²) in [5, 5.41) is 5.77. The first-order valence-corrected chi connectivity index (χ1v) is 10.4. The van der Waals surface area contributed by atoms with Crippen LogP contribution in [0.4, 0.5) is 5.69 Å². The van der Waals surface area contributed by atoms with Gasteiger partial charge < -0.3 is 9.47 Å². The molecule has 0 saturated heterocycles. The molecule has 3 rings (SSSR count). The fourth-order valence-electron chi connectivity index (χ4n) is 2.73. The third-order valence-corrected chi connectivity index (χ3v) is 5.21. The Morgan fingerprint density at radius 1 is 1.17 bits per heavy atom. The molecule has 0 N–H and O–H groups in total. The Labute approximate surface area is 185 Å². The van der Waals surface area contributed by atoms with Gasteiger partial charge in [0.25, 0.3) is 5.91 Å². The Morgan fingerprint density at radius 3 is 2.45 bits per heavy atom. The average molecular weight is 522 g/mol. The Balaban J connectivity index is 1.83. The fourth-order valence-corrected chi connectivity index (χ4v) is 4.18. The molecule has 0 aliphatic carbocycles. The number of rotatable bonds is 6. The molecule has 0 fully saturated rings. The Hall–Kier alpha value is -2.45. The third kappa shape index (κ3) is 4.94. The lowest BCUT2D eigenvalue weighted by molar-refractivity contribution is -0.145. The predicted octanol–water partition coefficient (Wildman–Crippen LogP) is 4.96. The van der Waals surface area contributed by atoms with Crippen LogP contribution in [0.1, 0.15) is 19.4 Å². The van der Waals surface area contributed by atoms with Crippen molar-refractivity contribution in [3.8, 4) is 5.75 Å². The molecule has 0 spiro atoms. The monoisotopic (exact) mass is 520 g/mol. The Morgan fingerprint density at radius 2 is 1.83 bits per heavy atom. The number of nitrogens with zero attached hydrogens (tertiary/aromatic N) is 2. The molecule has 1 aliphatic heterocycles. The lowest BCUT2D eigenvalue weighted by Crippen LogP contribution is -2.21. The van der Waals surface area contributed by atoms with Crippen LogP contribution in [-0.4, -0.2) is 30.8 Å². The topological polar surface area (TPSA) is 68.2 Å². The van der Waals surface area contributed by atoms with E-state index in [4.69, 9.17) is 9.47 Å². The molecule has 0 bridgehead atoms. The molecule has 0 radical (unpaired) electrons. The van der Waals surface area contributed by atoms with Crippen LogP contribution in [0.15, 0.2) is 62.1 Å². The van der Waals surface area contributed by atoms with Gasteiger partial charge >= 0.3 is 5.97 Å². The minimum absolute atomic E-state index is 0.191. The summed E-state index contributed by atoms with van der Waals surface area (Å²) >= 11 is 6.91. The van der Waals surface area contributed by atoms with Gasteiger partial charge in [-0.2, -0.15) is 10.1 Å². The highest BCUT2D eigenvalue weighted by atomic mass is 79.9. The van der Waals surface area contributed by atoms with Gasteiger partial charge in [-0.05, 0) is 81.6 Å². The van der Waals surface area contributed by atoms with Gasteiger partial charge in [-0.15, -0.1) is 0 Å². The third-order valence-electron chi connectivity index (χ3n) is 4.03. The van der Waals surface area contributed by atoms with Gasteiger partial charge in [0.05, 0.1) is 32.5 Å². The largest absolute Gasteiger partial charge is 0.480 e. The van der Waals surface area contributed by atoms with E-state index in [0.717, 1.165) is 5.56 Å². The molecule has 29 heavy (non-hydrogen) atoms. The fraction of sp³-hybridized carbons (Fsp3) is 0.190. The molecule has 0 atom stereocenters. The number of ether oxygens (including phenoxy) is 2. The first-order valence-electron chi connectivity index (χ1n) is 8.85. The van der Waals surface area contributed by atoms with Gasteiger partial charge in [-0.1, -0.05) is 18.2 Å². The number of hydrogen-bond donors (Lipinski definition) is 0. The first kappa shape index (κ1) is 21.3. The number of carbonyl (C=O) groups excluding carboxylic acids is 2. The molecule has 1 heterocycles. The van der Waals surface area contributed by atoms with Crippen LogP contribution >= 0.6 is 31.9 Å². The van der Waals surface area contributed by atoms with E-state index in [1.807, 2.05) is 42.5 Å². The highest BCUT2D eigenvalue weighted by Gasteiger charge is 2.28. The zero-order valence-corrected chi connectivity index (χ0v) is 19.0. The molecular weight excluding hydrogens is 504 g/mol. The maximum Gasteiger partial charge on any atom is 0.344 e. The van der Waals surface area contributed by atoms with Crippen molar-refractivity contribution in [2.24, 2.45) is 5.10 Å². The van der Waals surface area contributed by atoms with Gasteiger partial charge in [0.1, 0.15) is 5.75 Å². The zero-order valence-electron chi connectivity index (χ0n) is 15.8. The molecule has 8 heteroatoms. The highest BCUT2D eigenvalue weighted by molar-refractivity contribution is 9.11. The second-order valence-electron chi connectivity index (χ2n) is 6.10. The maximum atomic E-state index is 12.8. The van der Waals surface area contributed by atoms with Crippen molar-refractivity contribution in [1.29, 1.82) is 0 Å². The quantitative estimate of drug-likeness (QED) is 0.398. The molecule has 0 unspecified atom stereocenters. The Kier molecular flexibility index (Phi) is 6.87. The second-order valence-corrected chi connectivity index (χ2v) is 7.81. The van der Waals surface area contributed by atoms with Crippen molar-refractivity contribution in [2.45, 2.75) is 13.8 Å². The standard InChI is InChI=1S/C21H18Br2N2O4/c1-3-28-19(26)12-29-20-17(22)10-14(11-18(20)23)9-16-13(2)24-25(21(16)27)15-7-5-4-6-8-15/h4-11H,3,12H2,1-2H3/b16-9+. The van der Waals surface area contributed by atoms with Crippen LogP contribution in [0.3, 0.4) is 0 Å². The van der Waals surface area contributed by atoms with Crippen LogP contribution < -0.4 is 9.75 Å². The summed E-state index contributed by atoms with van der Waals surface area (Å²) in [6, 6.07) is 12.9. The summed E-state index contributed by atoms with van der Waals surface area (Å²) in [6.45, 7) is 3.64. The SMILES string of the molecule is CCOC(=O)COc1c(Br)cc(/C=C2/C(=O)N(c3ccccc3)N=C2C)cc1Br. The molecular formula is C21H18Br2N2O4. The van der Waals surface area contributed by atoms with Gasteiger partial charge in [0, 0.05) is 0 Å². The van der Waals surface area contributed by atoms with Gasteiger partial charge in [0.2, 0.25) is 0 Å². The van der Waals surface area contributed by atoms with Crippen molar-refractivity contribution in [2.75, 3.05) is 18.2 Å². The van der Waals surface area contributed by atoms with E-state index in [2.05, 4.69) is 37.0 Å². The van der Waals surface area contributed by atoms with Crippen LogP contribution in [-0.2, 0) is 14.3 Å². The molecule has 0 saturated carbocycles. The summed E-state index contributed by atoms with van der Waals surface area (Å²) in [7, 11) is 0. The van der Waals surface area contributed by atoms with E-state index in [-0.39, 0.29) is 12.5 Å². The van der Waals surface area contributed by atoms with Gasteiger partial charge in [-0.25, -0.2) is 4.79 Å². The number of esters is 1. The molecule has 1 amide bonds. The summed E-state index contributed by atoms with van der Waals surface area (Å²) in [4.78, 5) is 24.4. The average Bonchev–Trinajstić information content (AvgIpc) is 2.96. The summed E-state index contributed by atoms with van der Waals surface area (Å²) in [5.41, 5.74) is 2.63. The van der Waals surface area contributed by atoms with E-state index >= 15 is 0 Å². The number of carbonyl (C=O) groups is 2. The number of amides is 1. The predicted molar refractivity (Wildman–Crippen MR) is 119 cm³/mol. The maximum absolute atomic E-state index is 12.8. The van der Waals surface area contributed by atoms with E-state index in [1.165, 1.54) is 5.01 Å². The summed E-state index contributed by atoms with van der Waals surface area (Å²) in [5.74, 6) is -0.153. The summed E-state index contributed by atoms with van der Waals surface area (Å²) in [6.07, 6.45) is 1.77. The minimum atomic E-state index is -0.443. The number of halogens is 2. The van der Waals surface area contributed by atoms with Crippen molar-refractivity contribution in [3.05, 3.63) is 62.5 Å². The molecule has 6 nitrogen and oxygen atoms in total. The molecule has 150 valence electrons. The second kappa shape index (κ2) is 9.37. The lowest BCUT2D eigenvalue weighted by atomic mass is 10.1. The molecule has 1 aliphatic rings. The number of hydrogen-bond acceptors (Lipinski definition) is 5. The van der Waals surface area contributed by atoms with Gasteiger partial charge in [-0.3, -0.25) is 4.79 Å². The zero-order chi connectivity index (χ0) is 21.0. The van der Waals surface area contributed by atoms with Gasteiger partial charge in [0.15, 0.2) is 6.61 Å². The summed E-state index contributed by atoms with van der Waals surface area (Å²) < 4.78 is 11.7.